The quantitative estimate of drug-likeness (QED) is 0.877. The summed E-state index contributed by atoms with van der Waals surface area (Å²) in [5.74, 6) is 0. The number of aliphatic hydroxyl groups is 1. The van der Waals surface area contributed by atoms with Gasteiger partial charge in [0.05, 0.1) is 12.1 Å². The summed E-state index contributed by atoms with van der Waals surface area (Å²) in [5.41, 5.74) is 3.54. The fraction of sp³-hybridized carbons (Fsp3) is 0.533. The van der Waals surface area contributed by atoms with Gasteiger partial charge in [-0.05, 0) is 44.4 Å². The molecule has 4 nitrogen and oxygen atoms in total. The van der Waals surface area contributed by atoms with E-state index in [0.29, 0.717) is 6.54 Å². The maximum Gasteiger partial charge on any atom is 0.317 e. The van der Waals surface area contributed by atoms with Crippen LogP contribution in [0.4, 0.5) is 4.79 Å². The summed E-state index contributed by atoms with van der Waals surface area (Å²) in [4.78, 5) is 13.5. The fourth-order valence-corrected chi connectivity index (χ4v) is 2.10. The van der Waals surface area contributed by atoms with Crippen molar-refractivity contribution in [2.75, 3.05) is 13.6 Å². The van der Waals surface area contributed by atoms with Crippen molar-refractivity contribution in [3.05, 3.63) is 34.9 Å². The highest BCUT2D eigenvalue weighted by atomic mass is 16.3. The van der Waals surface area contributed by atoms with Crippen LogP contribution < -0.4 is 5.32 Å². The molecule has 0 aliphatic rings. The van der Waals surface area contributed by atoms with Crippen molar-refractivity contribution in [3.8, 4) is 0 Å². The Morgan fingerprint density at radius 3 is 2.58 bits per heavy atom. The van der Waals surface area contributed by atoms with Gasteiger partial charge in [0, 0.05) is 13.6 Å². The third-order valence-electron chi connectivity index (χ3n) is 3.34. The monoisotopic (exact) mass is 264 g/mol. The molecule has 0 spiro atoms. The van der Waals surface area contributed by atoms with Gasteiger partial charge in [-0.1, -0.05) is 18.2 Å². The Balaban J connectivity index is 2.71. The summed E-state index contributed by atoms with van der Waals surface area (Å²) in [6.07, 6.45) is -0.522. The SMILES string of the molecule is Cc1cccc(C(C)NC(=O)N(C)CC(C)O)c1C. The van der Waals surface area contributed by atoms with Crippen LogP contribution in [0.15, 0.2) is 18.2 Å². The van der Waals surface area contributed by atoms with E-state index < -0.39 is 6.10 Å². The molecule has 0 saturated carbocycles. The molecular weight excluding hydrogens is 240 g/mol. The highest BCUT2D eigenvalue weighted by Crippen LogP contribution is 2.20. The van der Waals surface area contributed by atoms with E-state index in [4.69, 9.17) is 0 Å². The second-order valence-electron chi connectivity index (χ2n) is 5.19. The highest BCUT2D eigenvalue weighted by Gasteiger charge is 2.16. The molecule has 0 aromatic heterocycles. The zero-order valence-electron chi connectivity index (χ0n) is 12.4. The van der Waals surface area contributed by atoms with Crippen LogP contribution in [0.25, 0.3) is 0 Å². The first-order valence-corrected chi connectivity index (χ1v) is 6.58. The van der Waals surface area contributed by atoms with Gasteiger partial charge in [0.15, 0.2) is 0 Å². The molecule has 2 unspecified atom stereocenters. The van der Waals surface area contributed by atoms with E-state index >= 15 is 0 Å². The molecule has 0 radical (unpaired) electrons. The summed E-state index contributed by atoms with van der Waals surface area (Å²) >= 11 is 0. The number of benzene rings is 1. The zero-order valence-corrected chi connectivity index (χ0v) is 12.4. The second kappa shape index (κ2) is 6.57. The van der Waals surface area contributed by atoms with Gasteiger partial charge in [-0.2, -0.15) is 0 Å². The minimum atomic E-state index is -0.522. The molecule has 2 atom stereocenters. The van der Waals surface area contributed by atoms with Gasteiger partial charge < -0.3 is 15.3 Å². The maximum atomic E-state index is 12.0. The van der Waals surface area contributed by atoms with Crippen LogP contribution in [-0.4, -0.2) is 35.7 Å². The molecule has 2 N–H and O–H groups in total. The van der Waals surface area contributed by atoms with Crippen LogP contribution in [0.5, 0.6) is 0 Å². The summed E-state index contributed by atoms with van der Waals surface area (Å²) in [7, 11) is 1.68. The predicted octanol–water partition coefficient (Wildman–Crippen LogP) is 2.39. The number of rotatable bonds is 4. The fourth-order valence-electron chi connectivity index (χ4n) is 2.10. The number of aliphatic hydroxyl groups excluding tert-OH is 1. The number of likely N-dealkylation sites (N-methyl/N-ethyl adjacent to an activating group) is 1. The zero-order chi connectivity index (χ0) is 14.6. The molecular formula is C15H24N2O2. The molecule has 0 aliphatic heterocycles. The Kier molecular flexibility index (Phi) is 5.36. The number of urea groups is 1. The van der Waals surface area contributed by atoms with Gasteiger partial charge in [-0.3, -0.25) is 0 Å². The summed E-state index contributed by atoms with van der Waals surface area (Å²) < 4.78 is 0. The molecule has 0 fully saturated rings. The number of hydrogen-bond acceptors (Lipinski definition) is 2. The molecule has 1 aromatic carbocycles. The molecule has 1 rings (SSSR count). The summed E-state index contributed by atoms with van der Waals surface area (Å²) in [5, 5.41) is 12.2. The van der Waals surface area contributed by atoms with Crippen molar-refractivity contribution in [2.45, 2.75) is 39.8 Å². The maximum absolute atomic E-state index is 12.0. The first kappa shape index (κ1) is 15.5. The number of aryl methyl sites for hydroxylation is 1. The predicted molar refractivity (Wildman–Crippen MR) is 77.2 cm³/mol. The van der Waals surface area contributed by atoms with Crippen molar-refractivity contribution >= 4 is 6.03 Å². The molecule has 0 heterocycles. The average Bonchev–Trinajstić information content (AvgIpc) is 2.31. The molecule has 0 bridgehead atoms. The van der Waals surface area contributed by atoms with E-state index in [9.17, 15) is 9.90 Å². The van der Waals surface area contributed by atoms with Crippen molar-refractivity contribution in [2.24, 2.45) is 0 Å². The van der Waals surface area contributed by atoms with E-state index in [1.165, 1.54) is 16.0 Å². The van der Waals surface area contributed by atoms with Crippen LogP contribution in [0, 0.1) is 13.8 Å². The van der Waals surface area contributed by atoms with Gasteiger partial charge in [0.25, 0.3) is 0 Å². The Labute approximate surface area is 115 Å². The van der Waals surface area contributed by atoms with Crippen LogP contribution in [0.3, 0.4) is 0 Å². The first-order chi connectivity index (χ1) is 8.82. The van der Waals surface area contributed by atoms with E-state index in [-0.39, 0.29) is 12.1 Å². The third-order valence-corrected chi connectivity index (χ3v) is 3.34. The number of nitrogens with zero attached hydrogens (tertiary/aromatic N) is 1. The highest BCUT2D eigenvalue weighted by molar-refractivity contribution is 5.74. The number of amides is 2. The van der Waals surface area contributed by atoms with E-state index in [2.05, 4.69) is 25.2 Å². The Morgan fingerprint density at radius 1 is 1.37 bits per heavy atom. The minimum Gasteiger partial charge on any atom is -0.392 e. The minimum absolute atomic E-state index is 0.0520. The lowest BCUT2D eigenvalue weighted by atomic mass is 9.98. The average molecular weight is 264 g/mol. The number of hydrogen-bond donors (Lipinski definition) is 2. The van der Waals surface area contributed by atoms with Gasteiger partial charge in [-0.25, -0.2) is 4.79 Å². The van der Waals surface area contributed by atoms with E-state index in [1.54, 1.807) is 14.0 Å². The first-order valence-electron chi connectivity index (χ1n) is 6.58. The van der Waals surface area contributed by atoms with Gasteiger partial charge >= 0.3 is 6.03 Å². The topological polar surface area (TPSA) is 52.6 Å². The standard InChI is InChI=1S/C15H24N2O2/c1-10-7-6-8-14(12(10)3)13(4)16-15(19)17(5)9-11(2)18/h6-8,11,13,18H,9H2,1-5H3,(H,16,19). The van der Waals surface area contributed by atoms with E-state index in [1.807, 2.05) is 19.1 Å². The van der Waals surface area contributed by atoms with Crippen molar-refractivity contribution < 1.29 is 9.90 Å². The normalized spacial score (nSPS) is 13.8. The van der Waals surface area contributed by atoms with Gasteiger partial charge in [0.2, 0.25) is 0 Å². The lowest BCUT2D eigenvalue weighted by molar-refractivity contribution is 0.142. The van der Waals surface area contributed by atoms with Crippen LogP contribution >= 0.6 is 0 Å². The van der Waals surface area contributed by atoms with E-state index in [0.717, 1.165) is 5.56 Å². The van der Waals surface area contributed by atoms with Crippen LogP contribution in [-0.2, 0) is 0 Å². The third kappa shape index (κ3) is 4.24. The Bertz CT molecular complexity index is 444. The molecule has 106 valence electrons. The van der Waals surface area contributed by atoms with Crippen molar-refractivity contribution in [1.82, 2.24) is 10.2 Å². The van der Waals surface area contributed by atoms with Crippen LogP contribution in [0.1, 0.15) is 36.6 Å². The lowest BCUT2D eigenvalue weighted by Crippen LogP contribution is -2.41. The Hall–Kier alpha value is -1.55. The molecule has 0 aliphatic carbocycles. The van der Waals surface area contributed by atoms with Crippen molar-refractivity contribution in [3.63, 3.8) is 0 Å². The molecule has 2 amide bonds. The largest absolute Gasteiger partial charge is 0.392 e. The summed E-state index contributed by atoms with van der Waals surface area (Å²) in [6, 6.07) is 5.87. The number of carbonyl (C=O) groups is 1. The number of carbonyl (C=O) groups excluding carboxylic acids is 1. The summed E-state index contributed by atoms with van der Waals surface area (Å²) in [6.45, 7) is 8.08. The second-order valence-corrected chi connectivity index (χ2v) is 5.19. The van der Waals surface area contributed by atoms with Crippen LogP contribution in [0.2, 0.25) is 0 Å². The Morgan fingerprint density at radius 2 is 2.00 bits per heavy atom. The molecule has 0 saturated heterocycles. The molecule has 4 heteroatoms. The van der Waals surface area contributed by atoms with Crippen molar-refractivity contribution in [1.29, 1.82) is 0 Å². The smallest absolute Gasteiger partial charge is 0.317 e. The van der Waals surface area contributed by atoms with Gasteiger partial charge in [0.1, 0.15) is 0 Å². The van der Waals surface area contributed by atoms with Gasteiger partial charge in [-0.15, -0.1) is 0 Å². The molecule has 19 heavy (non-hydrogen) atoms. The lowest BCUT2D eigenvalue weighted by Gasteiger charge is -2.23. The number of nitrogens with one attached hydrogen (secondary N) is 1. The molecule has 1 aromatic rings.